The normalized spacial score (nSPS) is 20.8. The molecule has 0 N–H and O–H groups in total. The van der Waals surface area contributed by atoms with Crippen molar-refractivity contribution >= 4 is 15.8 Å². The molecule has 0 radical (unpaired) electrons. The van der Waals surface area contributed by atoms with Crippen molar-refractivity contribution in [3.8, 4) is 0 Å². The van der Waals surface area contributed by atoms with E-state index in [2.05, 4.69) is 0 Å². The van der Waals surface area contributed by atoms with Crippen LogP contribution in [0.2, 0.25) is 0 Å². The highest BCUT2D eigenvalue weighted by Gasteiger charge is 2.34. The average Bonchev–Trinajstić information content (AvgIpc) is 2.38. The lowest BCUT2D eigenvalue weighted by Gasteiger charge is -2.34. The first kappa shape index (κ1) is 15.1. The van der Waals surface area contributed by atoms with Crippen LogP contribution in [0.15, 0.2) is 29.2 Å². The molecule has 110 valence electrons. The Kier molecular flexibility index (Phi) is 4.52. The van der Waals surface area contributed by atoms with E-state index >= 15 is 0 Å². The predicted molar refractivity (Wildman–Crippen MR) is 70.2 cm³/mol. The molecule has 2 rings (SSSR count). The van der Waals surface area contributed by atoms with E-state index in [0.717, 1.165) is 6.07 Å². The molecule has 1 aliphatic heterocycles. The molecule has 0 saturated carbocycles. The molecule has 0 bridgehead atoms. The molecule has 5 nitrogen and oxygen atoms in total. The van der Waals surface area contributed by atoms with Crippen LogP contribution in [-0.2, 0) is 19.6 Å². The maximum atomic E-state index is 13.2. The highest BCUT2D eigenvalue weighted by molar-refractivity contribution is 7.89. The van der Waals surface area contributed by atoms with Gasteiger partial charge in [-0.15, -0.1) is 0 Å². The van der Waals surface area contributed by atoms with E-state index in [1.807, 2.05) is 0 Å². The largest absolute Gasteiger partial charge is 0.378 e. The van der Waals surface area contributed by atoms with Crippen molar-refractivity contribution in [3.63, 3.8) is 0 Å². The van der Waals surface area contributed by atoms with E-state index in [4.69, 9.17) is 4.74 Å². The van der Waals surface area contributed by atoms with Gasteiger partial charge in [-0.1, -0.05) is 6.07 Å². The monoisotopic (exact) mass is 301 g/mol. The molecular weight excluding hydrogens is 285 g/mol. The lowest BCUT2D eigenvalue weighted by atomic mass is 10.1. The van der Waals surface area contributed by atoms with Crippen molar-refractivity contribution < 1.29 is 22.3 Å². The Morgan fingerprint density at radius 2 is 2.25 bits per heavy atom. The van der Waals surface area contributed by atoms with Gasteiger partial charge in [-0.3, -0.25) is 4.79 Å². The van der Waals surface area contributed by atoms with Crippen LogP contribution < -0.4 is 0 Å². The van der Waals surface area contributed by atoms with Crippen LogP contribution in [0.4, 0.5) is 4.39 Å². The van der Waals surface area contributed by atoms with Crippen LogP contribution in [0, 0.1) is 5.82 Å². The zero-order chi connectivity index (χ0) is 14.8. The van der Waals surface area contributed by atoms with Gasteiger partial charge in [0.1, 0.15) is 11.6 Å². The Labute approximate surface area is 117 Å². The van der Waals surface area contributed by atoms with Gasteiger partial charge in [-0.05, 0) is 25.1 Å². The quantitative estimate of drug-likeness (QED) is 0.838. The van der Waals surface area contributed by atoms with Gasteiger partial charge in [0, 0.05) is 13.0 Å². The average molecular weight is 301 g/mol. The minimum atomic E-state index is -3.82. The summed E-state index contributed by atoms with van der Waals surface area (Å²) in [6.45, 7) is 2.01. The molecule has 0 amide bonds. The highest BCUT2D eigenvalue weighted by atomic mass is 32.2. The molecule has 0 unspecified atom stereocenters. The molecule has 20 heavy (non-hydrogen) atoms. The summed E-state index contributed by atoms with van der Waals surface area (Å²) in [5, 5.41) is 0. The zero-order valence-electron chi connectivity index (χ0n) is 11.1. The summed E-state index contributed by atoms with van der Waals surface area (Å²) in [5.74, 6) is -0.720. The first-order valence-electron chi connectivity index (χ1n) is 6.26. The number of rotatable bonds is 4. The van der Waals surface area contributed by atoms with Crippen LogP contribution in [0.1, 0.15) is 13.3 Å². The lowest BCUT2D eigenvalue weighted by Crippen LogP contribution is -2.49. The van der Waals surface area contributed by atoms with Crippen molar-refractivity contribution in [2.24, 2.45) is 0 Å². The number of sulfonamides is 1. The molecule has 1 heterocycles. The van der Waals surface area contributed by atoms with Crippen LogP contribution >= 0.6 is 0 Å². The summed E-state index contributed by atoms with van der Waals surface area (Å²) in [6, 6.07) is 4.33. The molecular formula is C13H16FNO4S. The van der Waals surface area contributed by atoms with Crippen molar-refractivity contribution in [2.45, 2.75) is 24.3 Å². The number of halogens is 1. The van der Waals surface area contributed by atoms with E-state index < -0.39 is 21.9 Å². The Morgan fingerprint density at radius 3 is 2.90 bits per heavy atom. The van der Waals surface area contributed by atoms with E-state index in [9.17, 15) is 17.6 Å². The first-order valence-corrected chi connectivity index (χ1v) is 7.70. The van der Waals surface area contributed by atoms with Gasteiger partial charge in [0.05, 0.1) is 24.2 Å². The van der Waals surface area contributed by atoms with Crippen molar-refractivity contribution in [1.29, 1.82) is 0 Å². The molecule has 1 aromatic carbocycles. The second kappa shape index (κ2) is 5.99. The molecule has 1 fully saturated rings. The predicted octanol–water partition coefficient (Wildman–Crippen LogP) is 1.19. The van der Waals surface area contributed by atoms with Gasteiger partial charge in [-0.2, -0.15) is 4.31 Å². The lowest BCUT2D eigenvalue weighted by molar-refractivity contribution is -0.118. The number of hydrogen-bond acceptors (Lipinski definition) is 4. The minimum absolute atomic E-state index is 0.0918. The smallest absolute Gasteiger partial charge is 0.243 e. The molecule has 0 spiro atoms. The fourth-order valence-electron chi connectivity index (χ4n) is 2.21. The number of carbonyl (C=O) groups is 1. The molecule has 7 heteroatoms. The highest BCUT2D eigenvalue weighted by Crippen LogP contribution is 2.22. The van der Waals surface area contributed by atoms with E-state index in [1.54, 1.807) is 0 Å². The van der Waals surface area contributed by atoms with Gasteiger partial charge in [0.15, 0.2) is 0 Å². The Morgan fingerprint density at radius 1 is 1.50 bits per heavy atom. The third kappa shape index (κ3) is 3.23. The zero-order valence-corrected chi connectivity index (χ0v) is 11.9. The number of nitrogens with zero attached hydrogens (tertiary/aromatic N) is 1. The molecule has 1 atom stereocenters. The third-order valence-electron chi connectivity index (χ3n) is 3.10. The van der Waals surface area contributed by atoms with Gasteiger partial charge >= 0.3 is 0 Å². The summed E-state index contributed by atoms with van der Waals surface area (Å²) >= 11 is 0. The summed E-state index contributed by atoms with van der Waals surface area (Å²) in [5.41, 5.74) is 0. The van der Waals surface area contributed by atoms with E-state index in [0.29, 0.717) is 0 Å². The number of benzene rings is 1. The van der Waals surface area contributed by atoms with Crippen LogP contribution in [-0.4, -0.2) is 44.3 Å². The van der Waals surface area contributed by atoms with Crippen molar-refractivity contribution in [1.82, 2.24) is 4.31 Å². The number of morpholine rings is 1. The number of carbonyl (C=O) groups excluding carboxylic acids is 1. The Bertz CT molecular complexity index is 602. The summed E-state index contributed by atoms with van der Waals surface area (Å²) < 4.78 is 44.7. The van der Waals surface area contributed by atoms with Gasteiger partial charge in [-0.25, -0.2) is 12.8 Å². The molecule has 0 aromatic heterocycles. The standard InChI is InChI=1S/C13H16FNO4S/c1-10(16)7-12-9-19-6-5-15(12)20(17,18)13-4-2-3-11(14)8-13/h2-4,8,12H,5-7,9H2,1H3/t12-/m1/s1. The molecule has 0 aliphatic carbocycles. The maximum absolute atomic E-state index is 13.2. The fourth-order valence-corrected chi connectivity index (χ4v) is 3.84. The molecule has 1 saturated heterocycles. The third-order valence-corrected chi connectivity index (χ3v) is 5.05. The van der Waals surface area contributed by atoms with Crippen LogP contribution in [0.3, 0.4) is 0 Å². The van der Waals surface area contributed by atoms with Crippen LogP contribution in [0.25, 0.3) is 0 Å². The summed E-state index contributed by atoms with van der Waals surface area (Å²) in [6.07, 6.45) is 0.0918. The Hall–Kier alpha value is -1.31. The molecule has 1 aliphatic rings. The summed E-state index contributed by atoms with van der Waals surface area (Å²) in [4.78, 5) is 11.1. The van der Waals surface area contributed by atoms with E-state index in [1.165, 1.54) is 29.4 Å². The first-order chi connectivity index (χ1) is 9.41. The fraction of sp³-hybridized carbons (Fsp3) is 0.462. The van der Waals surface area contributed by atoms with Crippen LogP contribution in [0.5, 0.6) is 0 Å². The van der Waals surface area contributed by atoms with E-state index in [-0.39, 0.29) is 36.9 Å². The SMILES string of the molecule is CC(=O)C[C@@H]1COCCN1S(=O)(=O)c1cccc(F)c1. The van der Waals surface area contributed by atoms with Crippen molar-refractivity contribution in [2.75, 3.05) is 19.8 Å². The van der Waals surface area contributed by atoms with Gasteiger partial charge < -0.3 is 4.74 Å². The second-order valence-corrected chi connectivity index (χ2v) is 6.60. The minimum Gasteiger partial charge on any atom is -0.378 e. The van der Waals surface area contributed by atoms with Gasteiger partial charge in [0.2, 0.25) is 10.0 Å². The number of ketones is 1. The molecule has 1 aromatic rings. The maximum Gasteiger partial charge on any atom is 0.243 e. The van der Waals surface area contributed by atoms with Crippen molar-refractivity contribution in [3.05, 3.63) is 30.1 Å². The number of ether oxygens (including phenoxy) is 1. The second-order valence-electron chi connectivity index (χ2n) is 4.71. The van der Waals surface area contributed by atoms with Gasteiger partial charge in [0.25, 0.3) is 0 Å². The Balaban J connectivity index is 2.33. The topological polar surface area (TPSA) is 63.7 Å². The summed E-state index contributed by atoms with van der Waals surface area (Å²) in [7, 11) is -3.82. The number of Topliss-reactive ketones (excluding diaryl/α,β-unsaturated/α-hetero) is 1. The number of hydrogen-bond donors (Lipinski definition) is 0.